The van der Waals surface area contributed by atoms with E-state index in [1.54, 1.807) is 0 Å². The zero-order chi connectivity index (χ0) is 52.3. The van der Waals surface area contributed by atoms with Crippen molar-refractivity contribution in [2.45, 2.75) is 42.1 Å². The number of nitrogens with zero attached hydrogens (tertiary/aromatic N) is 6. The maximum Gasteiger partial charge on any atom is 0.417 e. The second-order valence-electron chi connectivity index (χ2n) is 14.4. The summed E-state index contributed by atoms with van der Waals surface area (Å²) in [6, 6.07) is 11.7. The second-order valence-corrected chi connectivity index (χ2v) is 19.9. The number of sulfonamides is 2. The largest absolute Gasteiger partial charge is 0.619 e. The van der Waals surface area contributed by atoms with Crippen LogP contribution in [0.15, 0.2) is 107 Å². The van der Waals surface area contributed by atoms with Gasteiger partial charge < -0.3 is 25.0 Å². The standard InChI is InChI=1S/C21H18Cl2F3N3O5S.C21H16Cl2F3N3O5S/c2*1-12-7-13(5-6-28(12)31)20(30)19-18(8-14(22)10-27-19)29(11-34-2)35(32,33)15-3-4-17(23)16(9-15)21(24,25)26/h3-10,20,30H,11H2,1-2H3;3-10H,11H2,1-2H3. The third kappa shape index (κ3) is 12.3. The number of aromatic nitrogens is 4. The van der Waals surface area contributed by atoms with Gasteiger partial charge in [0.2, 0.25) is 5.78 Å². The Kier molecular flexibility index (Phi) is 17.3. The van der Waals surface area contributed by atoms with Crippen LogP contribution in [0.4, 0.5) is 37.7 Å². The minimum Gasteiger partial charge on any atom is -0.619 e. The predicted molar refractivity (Wildman–Crippen MR) is 242 cm³/mol. The van der Waals surface area contributed by atoms with Gasteiger partial charge in [0.05, 0.1) is 58.1 Å². The summed E-state index contributed by atoms with van der Waals surface area (Å²) in [6.07, 6.45) is -6.84. The average molecular weight is 1100 g/mol. The quantitative estimate of drug-likeness (QED) is 0.0357. The van der Waals surface area contributed by atoms with E-state index in [-0.39, 0.29) is 55.3 Å². The molecule has 0 spiro atoms. The summed E-state index contributed by atoms with van der Waals surface area (Å²) in [5, 5.41) is 32.8. The zero-order valence-corrected chi connectivity index (χ0v) is 40.8. The van der Waals surface area contributed by atoms with Gasteiger partial charge in [-0.1, -0.05) is 46.4 Å². The Morgan fingerprint density at radius 3 is 1.59 bits per heavy atom. The van der Waals surface area contributed by atoms with Crippen molar-refractivity contribution in [1.29, 1.82) is 0 Å². The Labute approximate surface area is 415 Å². The van der Waals surface area contributed by atoms with Crippen LogP contribution in [0.1, 0.15) is 55.9 Å². The van der Waals surface area contributed by atoms with Gasteiger partial charge in [-0.3, -0.25) is 9.78 Å². The maximum absolute atomic E-state index is 13.5. The fourth-order valence-corrected chi connectivity index (χ4v) is 9.83. The predicted octanol–water partition coefficient (Wildman–Crippen LogP) is 8.61. The molecule has 0 aliphatic rings. The number of pyridine rings is 4. The molecule has 1 unspecified atom stereocenters. The van der Waals surface area contributed by atoms with E-state index < -0.39 is 88.7 Å². The molecule has 0 aliphatic heterocycles. The normalized spacial score (nSPS) is 12.5. The summed E-state index contributed by atoms with van der Waals surface area (Å²) in [5.41, 5.74) is -3.19. The van der Waals surface area contributed by atoms with E-state index in [1.165, 1.54) is 51.3 Å². The zero-order valence-electron chi connectivity index (χ0n) is 36.1. The van der Waals surface area contributed by atoms with Crippen LogP contribution < -0.4 is 18.1 Å². The molecule has 1 N–H and O–H groups in total. The molecule has 0 amide bonds. The first-order chi connectivity index (χ1) is 32.5. The third-order valence-corrected chi connectivity index (χ3v) is 14.2. The Balaban J connectivity index is 0.000000261. The van der Waals surface area contributed by atoms with Crippen molar-refractivity contribution >= 4 is 83.6 Å². The molecule has 0 saturated heterocycles. The van der Waals surface area contributed by atoms with Gasteiger partial charge in [0, 0.05) is 70.3 Å². The highest BCUT2D eigenvalue weighted by atomic mass is 35.5. The first-order valence-electron chi connectivity index (χ1n) is 19.2. The summed E-state index contributed by atoms with van der Waals surface area (Å²) in [6.45, 7) is 1.62. The lowest BCUT2D eigenvalue weighted by atomic mass is 10.1. The molecule has 0 saturated carbocycles. The van der Waals surface area contributed by atoms with Crippen molar-refractivity contribution in [2.24, 2.45) is 0 Å². The minimum atomic E-state index is -4.92. The SMILES string of the molecule is COCN(c1cc(Cl)cnc1C(=O)c1cc[n+]([O-])c(C)c1)S(=O)(=O)c1ccc(Cl)c(C(F)(F)F)c1.COCN(c1cc(Cl)cnc1C(O)c1cc[n+]([O-])c(C)c1)S(=O)(=O)c1ccc(Cl)c(C(F)(F)F)c1. The topological polar surface area (TPSA) is 210 Å². The van der Waals surface area contributed by atoms with Crippen molar-refractivity contribution in [3.05, 3.63) is 173 Å². The Bertz CT molecular complexity index is 3180. The number of methoxy groups -OCH3 is 2. The number of alkyl halides is 6. The lowest BCUT2D eigenvalue weighted by molar-refractivity contribution is -0.612. The monoisotopic (exact) mass is 1100 g/mol. The van der Waals surface area contributed by atoms with Crippen LogP contribution in [0.3, 0.4) is 0 Å². The number of hydrogen-bond donors (Lipinski definition) is 1. The Morgan fingerprint density at radius 2 is 1.13 bits per heavy atom. The summed E-state index contributed by atoms with van der Waals surface area (Å²) < 4.78 is 146. The van der Waals surface area contributed by atoms with Gasteiger partial charge in [-0.2, -0.15) is 35.8 Å². The van der Waals surface area contributed by atoms with Crippen LogP contribution in [-0.4, -0.2) is 65.4 Å². The molecule has 0 bridgehead atoms. The van der Waals surface area contributed by atoms with Crippen molar-refractivity contribution in [3.8, 4) is 0 Å². The van der Waals surface area contributed by atoms with E-state index >= 15 is 0 Å². The number of carbonyl (C=O) groups excluding carboxylic acids is 1. The fraction of sp³-hybridized carbons (Fsp3) is 0.214. The van der Waals surface area contributed by atoms with Gasteiger partial charge in [0.25, 0.3) is 20.0 Å². The molecule has 4 aromatic heterocycles. The number of benzene rings is 2. The number of halogens is 10. The van der Waals surface area contributed by atoms with E-state index in [1.807, 2.05) is 0 Å². The number of aliphatic hydroxyl groups excluding tert-OH is 1. The lowest BCUT2D eigenvalue weighted by Crippen LogP contribution is -2.35. The van der Waals surface area contributed by atoms with E-state index in [2.05, 4.69) is 9.97 Å². The summed E-state index contributed by atoms with van der Waals surface area (Å²) >= 11 is 23.3. The molecular weight excluding hydrogens is 1070 g/mol. The average Bonchev–Trinajstić information content (AvgIpc) is 3.28. The molecular formula is C42H34Cl4F6N6O10S2. The molecule has 6 rings (SSSR count). The number of aryl methyl sites for hydroxylation is 2. The second kappa shape index (κ2) is 21.8. The van der Waals surface area contributed by atoms with Crippen molar-refractivity contribution in [1.82, 2.24) is 9.97 Å². The first-order valence-corrected chi connectivity index (χ1v) is 23.6. The van der Waals surface area contributed by atoms with Gasteiger partial charge in [0.1, 0.15) is 25.3 Å². The minimum absolute atomic E-state index is 0.0130. The first kappa shape index (κ1) is 55.4. The number of aliphatic hydroxyl groups is 1. The maximum atomic E-state index is 13.5. The van der Waals surface area contributed by atoms with E-state index in [0.29, 0.717) is 30.2 Å². The summed E-state index contributed by atoms with van der Waals surface area (Å²) in [5.74, 6) is -0.760. The van der Waals surface area contributed by atoms with Gasteiger partial charge >= 0.3 is 12.4 Å². The molecule has 1 atom stereocenters. The van der Waals surface area contributed by atoms with Crippen LogP contribution >= 0.6 is 46.4 Å². The van der Waals surface area contributed by atoms with Crippen molar-refractivity contribution < 1.29 is 72.0 Å². The van der Waals surface area contributed by atoms with E-state index in [9.17, 15) is 63.5 Å². The number of ether oxygens (including phenoxy) is 2. The van der Waals surface area contributed by atoms with Crippen LogP contribution in [-0.2, 0) is 41.9 Å². The number of rotatable bonds is 14. The molecule has 374 valence electrons. The smallest absolute Gasteiger partial charge is 0.417 e. The highest BCUT2D eigenvalue weighted by molar-refractivity contribution is 7.93. The van der Waals surface area contributed by atoms with Crippen molar-refractivity contribution in [2.75, 3.05) is 36.3 Å². The molecule has 28 heteroatoms. The van der Waals surface area contributed by atoms with E-state index in [0.717, 1.165) is 62.2 Å². The Morgan fingerprint density at radius 1 is 0.686 bits per heavy atom. The molecule has 0 fully saturated rings. The van der Waals surface area contributed by atoms with Gasteiger partial charge in [-0.25, -0.2) is 30.4 Å². The van der Waals surface area contributed by atoms with Gasteiger partial charge in [0.15, 0.2) is 23.8 Å². The molecule has 6 aromatic rings. The van der Waals surface area contributed by atoms with E-state index in [4.69, 9.17) is 55.9 Å². The Hall–Kier alpha value is -5.57. The van der Waals surface area contributed by atoms with Crippen LogP contribution in [0.2, 0.25) is 20.1 Å². The van der Waals surface area contributed by atoms with Crippen molar-refractivity contribution in [3.63, 3.8) is 0 Å². The highest BCUT2D eigenvalue weighted by Gasteiger charge is 2.39. The number of ketones is 1. The van der Waals surface area contributed by atoms with Gasteiger partial charge in [-0.05, 0) is 54.1 Å². The number of carbonyl (C=O) groups is 1. The number of hydrogen-bond acceptors (Lipinski definition) is 12. The molecule has 16 nitrogen and oxygen atoms in total. The molecule has 0 radical (unpaired) electrons. The molecule has 2 aromatic carbocycles. The van der Waals surface area contributed by atoms with Crippen LogP contribution in [0.5, 0.6) is 0 Å². The number of anilines is 2. The third-order valence-electron chi connectivity index (χ3n) is 9.67. The van der Waals surface area contributed by atoms with Crippen LogP contribution in [0.25, 0.3) is 0 Å². The lowest BCUT2D eigenvalue weighted by Gasteiger charge is -2.27. The molecule has 70 heavy (non-hydrogen) atoms. The summed E-state index contributed by atoms with van der Waals surface area (Å²) in [4.78, 5) is 19.7. The summed E-state index contributed by atoms with van der Waals surface area (Å²) in [7, 11) is -7.12. The van der Waals surface area contributed by atoms with Crippen LogP contribution in [0, 0.1) is 24.3 Å². The molecule has 0 aliphatic carbocycles. The molecule has 4 heterocycles. The fourth-order valence-electron chi connectivity index (χ4n) is 6.27. The van der Waals surface area contributed by atoms with Gasteiger partial charge in [-0.15, -0.1) is 0 Å². The highest BCUT2D eigenvalue weighted by Crippen LogP contribution is 2.40.